The standard InChI is InChI=1S/C16H10F2N2OS2/c1-2-5-20-15-12(18)7-10(17)8-13(15)23-16(20)19-14(21)9-11-4-3-6-22-11/h1,3-4,6-8H,5,9H2. The molecule has 0 aliphatic rings. The van der Waals surface area contributed by atoms with Gasteiger partial charge in [-0.05, 0) is 17.5 Å². The van der Waals surface area contributed by atoms with Gasteiger partial charge in [-0.15, -0.1) is 17.8 Å². The number of amides is 1. The number of aromatic nitrogens is 1. The van der Waals surface area contributed by atoms with Crippen LogP contribution in [0.2, 0.25) is 0 Å². The predicted molar refractivity (Wildman–Crippen MR) is 87.2 cm³/mol. The number of thiophene rings is 1. The van der Waals surface area contributed by atoms with Crippen LogP contribution in [-0.4, -0.2) is 10.5 Å². The highest BCUT2D eigenvalue weighted by Gasteiger charge is 2.13. The number of carbonyl (C=O) groups is 1. The van der Waals surface area contributed by atoms with Crippen LogP contribution < -0.4 is 4.80 Å². The molecule has 1 aromatic carbocycles. The molecule has 3 rings (SSSR count). The van der Waals surface area contributed by atoms with Gasteiger partial charge in [-0.25, -0.2) is 8.78 Å². The van der Waals surface area contributed by atoms with E-state index in [4.69, 9.17) is 6.42 Å². The van der Waals surface area contributed by atoms with Gasteiger partial charge in [0.25, 0.3) is 5.91 Å². The summed E-state index contributed by atoms with van der Waals surface area (Å²) in [5.74, 6) is 0.644. The molecule has 116 valence electrons. The molecule has 0 saturated heterocycles. The summed E-state index contributed by atoms with van der Waals surface area (Å²) in [6.45, 7) is 0.0493. The summed E-state index contributed by atoms with van der Waals surface area (Å²) in [4.78, 5) is 17.3. The van der Waals surface area contributed by atoms with Crippen LogP contribution in [0.15, 0.2) is 34.6 Å². The average molecular weight is 348 g/mol. The van der Waals surface area contributed by atoms with Crippen molar-refractivity contribution in [3.05, 3.63) is 51.0 Å². The van der Waals surface area contributed by atoms with Gasteiger partial charge >= 0.3 is 0 Å². The lowest BCUT2D eigenvalue weighted by Gasteiger charge is -2.01. The van der Waals surface area contributed by atoms with E-state index in [9.17, 15) is 13.6 Å². The summed E-state index contributed by atoms with van der Waals surface area (Å²) >= 11 is 2.50. The van der Waals surface area contributed by atoms with Crippen LogP contribution in [0.5, 0.6) is 0 Å². The van der Waals surface area contributed by atoms with Crippen molar-refractivity contribution in [3.8, 4) is 12.3 Å². The number of terminal acetylenes is 1. The van der Waals surface area contributed by atoms with Crippen LogP contribution in [-0.2, 0) is 17.8 Å². The number of benzene rings is 1. The summed E-state index contributed by atoms with van der Waals surface area (Å²) in [6.07, 6.45) is 5.48. The fraction of sp³-hybridized carbons (Fsp3) is 0.125. The van der Waals surface area contributed by atoms with Crippen molar-refractivity contribution in [1.29, 1.82) is 0 Å². The number of thiazole rings is 1. The molecule has 0 bridgehead atoms. The van der Waals surface area contributed by atoms with E-state index < -0.39 is 11.6 Å². The molecule has 7 heteroatoms. The third kappa shape index (κ3) is 3.23. The Balaban J connectivity index is 2.11. The van der Waals surface area contributed by atoms with Gasteiger partial charge < -0.3 is 4.57 Å². The quantitative estimate of drug-likeness (QED) is 0.669. The number of hydrogen-bond donors (Lipinski definition) is 0. The number of halogens is 2. The molecule has 23 heavy (non-hydrogen) atoms. The minimum atomic E-state index is -0.723. The van der Waals surface area contributed by atoms with Gasteiger partial charge in [0.1, 0.15) is 5.82 Å². The Hall–Kier alpha value is -2.30. The van der Waals surface area contributed by atoms with Crippen LogP contribution in [0.3, 0.4) is 0 Å². The van der Waals surface area contributed by atoms with Crippen molar-refractivity contribution >= 4 is 38.8 Å². The van der Waals surface area contributed by atoms with Crippen LogP contribution in [0.4, 0.5) is 8.78 Å². The monoisotopic (exact) mass is 348 g/mol. The molecule has 0 radical (unpaired) electrons. The van der Waals surface area contributed by atoms with Crippen LogP contribution in [0.1, 0.15) is 4.88 Å². The molecule has 2 heterocycles. The van der Waals surface area contributed by atoms with Gasteiger partial charge in [0, 0.05) is 10.9 Å². The van der Waals surface area contributed by atoms with Crippen LogP contribution in [0, 0.1) is 24.0 Å². The number of hydrogen-bond acceptors (Lipinski definition) is 3. The fourth-order valence-corrected chi connectivity index (χ4v) is 3.94. The van der Waals surface area contributed by atoms with Crippen molar-refractivity contribution < 1.29 is 13.6 Å². The molecule has 3 aromatic rings. The van der Waals surface area contributed by atoms with Gasteiger partial charge in [0.2, 0.25) is 0 Å². The van der Waals surface area contributed by atoms with Gasteiger partial charge in [0.05, 0.1) is 23.2 Å². The van der Waals surface area contributed by atoms with E-state index in [0.29, 0.717) is 4.70 Å². The summed E-state index contributed by atoms with van der Waals surface area (Å²) < 4.78 is 29.2. The first-order valence-electron chi connectivity index (χ1n) is 6.60. The average Bonchev–Trinajstić information content (AvgIpc) is 3.08. The second-order valence-corrected chi connectivity index (χ2v) is 6.71. The summed E-state index contributed by atoms with van der Waals surface area (Å²) in [5, 5.41) is 1.87. The van der Waals surface area contributed by atoms with Gasteiger partial charge in [-0.1, -0.05) is 23.3 Å². The maximum Gasteiger partial charge on any atom is 0.253 e. The Morgan fingerprint density at radius 1 is 1.39 bits per heavy atom. The minimum Gasteiger partial charge on any atom is -0.302 e. The number of rotatable bonds is 3. The first-order chi connectivity index (χ1) is 11.1. The molecular formula is C16H10F2N2OS2. The van der Waals surface area contributed by atoms with E-state index in [2.05, 4.69) is 10.9 Å². The lowest BCUT2D eigenvalue weighted by Crippen LogP contribution is -2.17. The molecule has 0 aliphatic heterocycles. The highest BCUT2D eigenvalue weighted by atomic mass is 32.1. The molecule has 0 atom stereocenters. The third-order valence-corrected chi connectivity index (χ3v) is 4.97. The minimum absolute atomic E-state index is 0.0493. The normalized spacial score (nSPS) is 11.8. The Labute approximate surface area is 138 Å². The molecule has 0 saturated carbocycles. The third-order valence-electron chi connectivity index (χ3n) is 3.07. The highest BCUT2D eigenvalue weighted by molar-refractivity contribution is 7.16. The lowest BCUT2D eigenvalue weighted by atomic mass is 10.3. The molecular weight excluding hydrogens is 338 g/mol. The summed E-state index contributed by atoms with van der Waals surface area (Å²) in [7, 11) is 0. The zero-order valence-electron chi connectivity index (χ0n) is 11.8. The Morgan fingerprint density at radius 2 is 2.22 bits per heavy atom. The van der Waals surface area contributed by atoms with E-state index in [0.717, 1.165) is 22.3 Å². The Bertz CT molecular complexity index is 978. The topological polar surface area (TPSA) is 34.4 Å². The molecule has 0 aliphatic carbocycles. The van der Waals surface area contributed by atoms with Gasteiger partial charge in [-0.2, -0.15) is 4.99 Å². The number of carbonyl (C=O) groups excluding carboxylic acids is 1. The van der Waals surface area contributed by atoms with Crippen molar-refractivity contribution in [2.45, 2.75) is 13.0 Å². The SMILES string of the molecule is C#CCn1c(=NC(=O)Cc2cccs2)sc2cc(F)cc(F)c21. The molecule has 1 amide bonds. The van der Waals surface area contributed by atoms with Crippen molar-refractivity contribution in [2.24, 2.45) is 4.99 Å². The zero-order valence-corrected chi connectivity index (χ0v) is 13.4. The smallest absolute Gasteiger partial charge is 0.253 e. The summed E-state index contributed by atoms with van der Waals surface area (Å²) in [6, 6.07) is 5.69. The second kappa shape index (κ2) is 6.44. The highest BCUT2D eigenvalue weighted by Crippen LogP contribution is 2.22. The van der Waals surface area contributed by atoms with Crippen molar-refractivity contribution in [3.63, 3.8) is 0 Å². The molecule has 3 nitrogen and oxygen atoms in total. The molecule has 0 N–H and O–H groups in total. The van der Waals surface area contributed by atoms with Crippen molar-refractivity contribution in [1.82, 2.24) is 4.57 Å². The first kappa shape index (κ1) is 15.6. The predicted octanol–water partition coefficient (Wildman–Crippen LogP) is 3.35. The van der Waals surface area contributed by atoms with E-state index in [-0.39, 0.29) is 29.2 Å². The summed E-state index contributed by atoms with van der Waals surface area (Å²) in [5.41, 5.74) is 0.164. The van der Waals surface area contributed by atoms with E-state index in [1.165, 1.54) is 22.0 Å². The molecule has 0 spiro atoms. The largest absolute Gasteiger partial charge is 0.302 e. The zero-order chi connectivity index (χ0) is 16.4. The van der Waals surface area contributed by atoms with Gasteiger partial charge in [0.15, 0.2) is 10.6 Å². The second-order valence-electron chi connectivity index (χ2n) is 4.67. The molecule has 0 unspecified atom stereocenters. The van der Waals surface area contributed by atoms with E-state index in [1.807, 2.05) is 17.5 Å². The maximum absolute atomic E-state index is 14.0. The van der Waals surface area contributed by atoms with Crippen molar-refractivity contribution in [2.75, 3.05) is 0 Å². The lowest BCUT2D eigenvalue weighted by molar-refractivity contribution is -0.117. The first-order valence-corrected chi connectivity index (χ1v) is 8.30. The number of nitrogens with zero attached hydrogens (tertiary/aromatic N) is 2. The fourth-order valence-electron chi connectivity index (χ4n) is 2.16. The van der Waals surface area contributed by atoms with Gasteiger partial charge in [-0.3, -0.25) is 4.79 Å². The Kier molecular flexibility index (Phi) is 4.37. The van der Waals surface area contributed by atoms with E-state index in [1.54, 1.807) is 0 Å². The Morgan fingerprint density at radius 3 is 2.91 bits per heavy atom. The molecule has 2 aromatic heterocycles. The molecule has 0 fully saturated rings. The maximum atomic E-state index is 14.0. The number of fused-ring (bicyclic) bond motifs is 1. The van der Waals surface area contributed by atoms with Crippen LogP contribution >= 0.6 is 22.7 Å². The van der Waals surface area contributed by atoms with Crippen LogP contribution in [0.25, 0.3) is 10.2 Å². The van der Waals surface area contributed by atoms with E-state index >= 15 is 0 Å².